The summed E-state index contributed by atoms with van der Waals surface area (Å²) in [5.74, 6) is -4.40. The lowest BCUT2D eigenvalue weighted by molar-refractivity contribution is -0.141. The molecule has 1 heterocycles. The lowest BCUT2D eigenvalue weighted by Gasteiger charge is -2.17. The normalized spacial score (nSPS) is 10.3. The molecule has 0 aliphatic rings. The molecule has 0 aliphatic carbocycles. The van der Waals surface area contributed by atoms with Crippen LogP contribution in [-0.2, 0) is 20.8 Å². The van der Waals surface area contributed by atoms with Gasteiger partial charge in [0, 0.05) is 11.6 Å². The molecule has 12 nitrogen and oxygen atoms in total. The molecular weight excluding hydrogens is 440 g/mol. The molecule has 0 radical (unpaired) electrons. The summed E-state index contributed by atoms with van der Waals surface area (Å²) in [5, 5.41) is 23.2. The molecule has 2 aromatic rings. The summed E-state index contributed by atoms with van der Waals surface area (Å²) in [4.78, 5) is 49.4. The average Bonchev–Trinajstić information content (AvgIpc) is 2.80. The quantitative estimate of drug-likeness (QED) is 0.443. The van der Waals surface area contributed by atoms with Crippen molar-refractivity contribution < 1.29 is 43.5 Å². The van der Waals surface area contributed by atoms with E-state index in [1.807, 2.05) is 0 Å². The number of carbonyl (C=O) groups excluding carboxylic acids is 3. The van der Waals surface area contributed by atoms with E-state index in [-0.39, 0.29) is 13.2 Å². The van der Waals surface area contributed by atoms with E-state index in [4.69, 9.17) is 14.2 Å². The van der Waals surface area contributed by atoms with Gasteiger partial charge in [-0.05, 0) is 19.1 Å². The molecule has 0 spiro atoms. The fourth-order valence-corrected chi connectivity index (χ4v) is 2.95. The minimum absolute atomic E-state index is 0.0716. The van der Waals surface area contributed by atoms with Gasteiger partial charge < -0.3 is 34.5 Å². The maximum absolute atomic E-state index is 13.1. The largest absolute Gasteiger partial charge is 0.506 e. The first-order valence-electron chi connectivity index (χ1n) is 9.61. The fourth-order valence-electron chi connectivity index (χ4n) is 2.95. The van der Waals surface area contributed by atoms with Gasteiger partial charge in [0.15, 0.2) is 11.3 Å². The maximum atomic E-state index is 13.1. The molecule has 0 unspecified atom stereocenters. The third kappa shape index (κ3) is 5.34. The second-order valence-corrected chi connectivity index (χ2v) is 6.47. The molecule has 1 aromatic carbocycles. The van der Waals surface area contributed by atoms with Gasteiger partial charge in [0.1, 0.15) is 23.6 Å². The Hall–Kier alpha value is -4.22. The van der Waals surface area contributed by atoms with E-state index in [1.54, 1.807) is 19.1 Å². The highest BCUT2D eigenvalue weighted by Crippen LogP contribution is 2.31. The molecule has 12 heteroatoms. The minimum Gasteiger partial charge on any atom is -0.506 e. The summed E-state index contributed by atoms with van der Waals surface area (Å²) in [6, 6.07) is 4.66. The van der Waals surface area contributed by atoms with E-state index in [1.165, 1.54) is 20.3 Å². The molecule has 0 bridgehead atoms. The van der Waals surface area contributed by atoms with Crippen LogP contribution in [0.15, 0.2) is 23.0 Å². The number of nitrogens with zero attached hydrogens (tertiary/aromatic N) is 1. The molecule has 0 fully saturated rings. The van der Waals surface area contributed by atoms with Gasteiger partial charge in [-0.25, -0.2) is 4.79 Å². The number of aromatic hydroxyl groups is 2. The molecule has 0 saturated heterocycles. The highest BCUT2D eigenvalue weighted by Gasteiger charge is 2.30. The summed E-state index contributed by atoms with van der Waals surface area (Å²) in [6.45, 7) is 0.703. The van der Waals surface area contributed by atoms with E-state index in [0.29, 0.717) is 21.6 Å². The lowest BCUT2D eigenvalue weighted by atomic mass is 10.1. The van der Waals surface area contributed by atoms with Crippen molar-refractivity contribution in [2.45, 2.75) is 13.5 Å². The second-order valence-electron chi connectivity index (χ2n) is 6.47. The monoisotopic (exact) mass is 464 g/mol. The van der Waals surface area contributed by atoms with Crippen molar-refractivity contribution in [2.24, 2.45) is 0 Å². The van der Waals surface area contributed by atoms with Crippen molar-refractivity contribution in [2.75, 3.05) is 34.5 Å². The predicted octanol–water partition coefficient (Wildman–Crippen LogP) is 0.404. The molecule has 0 saturated carbocycles. The predicted molar refractivity (Wildman–Crippen MR) is 113 cm³/mol. The highest BCUT2D eigenvalue weighted by atomic mass is 16.5. The number of amides is 1. The molecule has 0 atom stereocenters. The molecular formula is C21H24N2O10. The van der Waals surface area contributed by atoms with Crippen LogP contribution < -0.4 is 20.3 Å². The van der Waals surface area contributed by atoms with Crippen molar-refractivity contribution in [1.82, 2.24) is 9.88 Å². The van der Waals surface area contributed by atoms with Crippen molar-refractivity contribution in [1.29, 1.82) is 0 Å². The van der Waals surface area contributed by atoms with E-state index in [9.17, 15) is 29.4 Å². The Balaban J connectivity index is 2.63. The van der Waals surface area contributed by atoms with Crippen LogP contribution in [-0.4, -0.2) is 67.1 Å². The van der Waals surface area contributed by atoms with Crippen LogP contribution in [0, 0.1) is 0 Å². The van der Waals surface area contributed by atoms with Crippen LogP contribution in [0.2, 0.25) is 0 Å². The third-order valence-corrected chi connectivity index (χ3v) is 4.55. The summed E-state index contributed by atoms with van der Waals surface area (Å²) in [6.07, 6.45) is 0. The van der Waals surface area contributed by atoms with Gasteiger partial charge in [-0.1, -0.05) is 0 Å². The first-order valence-corrected chi connectivity index (χ1v) is 9.61. The third-order valence-electron chi connectivity index (χ3n) is 4.55. The fraction of sp³-hybridized carbons (Fsp3) is 0.333. The zero-order valence-corrected chi connectivity index (χ0v) is 18.5. The Morgan fingerprint density at radius 1 is 1.06 bits per heavy atom. The van der Waals surface area contributed by atoms with Gasteiger partial charge >= 0.3 is 11.9 Å². The van der Waals surface area contributed by atoms with Crippen LogP contribution in [0.5, 0.6) is 23.1 Å². The van der Waals surface area contributed by atoms with Crippen LogP contribution >= 0.6 is 0 Å². The number of hydrogen-bond acceptors (Lipinski definition) is 10. The zero-order valence-electron chi connectivity index (χ0n) is 18.5. The number of carbonyl (C=O) groups is 3. The molecule has 178 valence electrons. The SMILES string of the molecule is CCOC(=O)CNC(=O)c1c(O)c(C(=O)OC)c(O)n(Cc2ccc(OC)cc2OC)c1=O. The van der Waals surface area contributed by atoms with Gasteiger partial charge in [-0.2, -0.15) is 0 Å². The topological polar surface area (TPSA) is 163 Å². The number of ether oxygens (including phenoxy) is 4. The zero-order chi connectivity index (χ0) is 24.7. The van der Waals surface area contributed by atoms with Gasteiger partial charge in [0.25, 0.3) is 11.5 Å². The van der Waals surface area contributed by atoms with E-state index < -0.39 is 52.7 Å². The van der Waals surface area contributed by atoms with Gasteiger partial charge in [-0.15, -0.1) is 0 Å². The van der Waals surface area contributed by atoms with Crippen molar-refractivity contribution in [3.05, 3.63) is 45.2 Å². The van der Waals surface area contributed by atoms with Gasteiger partial charge in [-0.3, -0.25) is 19.0 Å². The number of rotatable bonds is 9. The standard InChI is InChI=1S/C21H24N2O10/c1-5-33-14(24)9-22-18(26)15-17(25)16(21(29)32-4)20(28)23(19(15)27)10-11-6-7-12(30-2)8-13(11)31-3/h6-8,25,28H,5,9-10H2,1-4H3,(H,22,26). The maximum Gasteiger partial charge on any atom is 0.347 e. The lowest BCUT2D eigenvalue weighted by Crippen LogP contribution is -2.37. The second kappa shape index (κ2) is 10.9. The number of nitrogens with one attached hydrogen (secondary N) is 1. The Bertz CT molecular complexity index is 1120. The Morgan fingerprint density at radius 3 is 2.33 bits per heavy atom. The summed E-state index contributed by atoms with van der Waals surface area (Å²) in [7, 11) is 3.82. The van der Waals surface area contributed by atoms with E-state index in [2.05, 4.69) is 10.1 Å². The van der Waals surface area contributed by atoms with Crippen LogP contribution in [0.3, 0.4) is 0 Å². The first kappa shape index (κ1) is 25.0. The highest BCUT2D eigenvalue weighted by molar-refractivity contribution is 6.03. The van der Waals surface area contributed by atoms with Crippen molar-refractivity contribution >= 4 is 17.8 Å². The number of esters is 2. The Labute approximate surface area is 188 Å². The number of aromatic nitrogens is 1. The number of methoxy groups -OCH3 is 3. The molecule has 3 N–H and O–H groups in total. The van der Waals surface area contributed by atoms with Gasteiger partial charge in [0.05, 0.1) is 34.5 Å². The van der Waals surface area contributed by atoms with E-state index >= 15 is 0 Å². The van der Waals surface area contributed by atoms with E-state index in [0.717, 1.165) is 7.11 Å². The summed E-state index contributed by atoms with van der Waals surface area (Å²) >= 11 is 0. The summed E-state index contributed by atoms with van der Waals surface area (Å²) in [5.41, 5.74) is -2.41. The Kier molecular flexibility index (Phi) is 8.26. The van der Waals surface area contributed by atoms with Crippen molar-refractivity contribution in [3.8, 4) is 23.1 Å². The average molecular weight is 464 g/mol. The Morgan fingerprint density at radius 2 is 1.76 bits per heavy atom. The van der Waals surface area contributed by atoms with Crippen LogP contribution in [0.1, 0.15) is 33.2 Å². The first-order chi connectivity index (χ1) is 15.7. The van der Waals surface area contributed by atoms with Crippen molar-refractivity contribution in [3.63, 3.8) is 0 Å². The molecule has 1 aromatic heterocycles. The smallest absolute Gasteiger partial charge is 0.347 e. The number of hydrogen-bond donors (Lipinski definition) is 3. The van der Waals surface area contributed by atoms with Crippen LogP contribution in [0.25, 0.3) is 0 Å². The van der Waals surface area contributed by atoms with Crippen LogP contribution in [0.4, 0.5) is 0 Å². The number of benzene rings is 1. The number of pyridine rings is 1. The molecule has 2 rings (SSSR count). The molecule has 1 amide bonds. The minimum atomic E-state index is -1.19. The summed E-state index contributed by atoms with van der Waals surface area (Å²) < 4.78 is 20.3. The molecule has 33 heavy (non-hydrogen) atoms. The molecule has 0 aliphatic heterocycles. The van der Waals surface area contributed by atoms with Gasteiger partial charge in [0.2, 0.25) is 5.88 Å².